The van der Waals surface area contributed by atoms with E-state index < -0.39 is 28.6 Å². The zero-order chi connectivity index (χ0) is 25.4. The standard InChI is InChI=1S/C26H20N4O6/c1-36-19-12-8-17(9-13-19)23-14-21(16-6-10-18(11-7-16)30(34)35)27-29(23)24(31)15-28-22-5-3-2-4-20(22)25(32)26(28)33/h2-13,23H,14-15H2,1H3. The summed E-state index contributed by atoms with van der Waals surface area (Å²) in [6, 6.07) is 19.2. The number of anilines is 1. The normalized spacial score (nSPS) is 16.7. The quantitative estimate of drug-likeness (QED) is 0.300. The van der Waals surface area contributed by atoms with Crippen LogP contribution in [0.2, 0.25) is 0 Å². The Morgan fingerprint density at radius 1 is 1.06 bits per heavy atom. The minimum Gasteiger partial charge on any atom is -0.497 e. The summed E-state index contributed by atoms with van der Waals surface area (Å²) in [5, 5.41) is 16.9. The molecule has 36 heavy (non-hydrogen) atoms. The van der Waals surface area contributed by atoms with Crippen molar-refractivity contribution < 1.29 is 24.0 Å². The van der Waals surface area contributed by atoms with E-state index in [9.17, 15) is 24.5 Å². The molecule has 0 N–H and O–H groups in total. The molecule has 0 aromatic heterocycles. The molecule has 0 radical (unpaired) electrons. The van der Waals surface area contributed by atoms with Crippen molar-refractivity contribution in [3.8, 4) is 5.75 Å². The van der Waals surface area contributed by atoms with Crippen LogP contribution in [0.1, 0.15) is 33.9 Å². The van der Waals surface area contributed by atoms with Gasteiger partial charge in [-0.3, -0.25) is 29.4 Å². The molecule has 10 heteroatoms. The van der Waals surface area contributed by atoms with Gasteiger partial charge in [0.05, 0.1) is 35.0 Å². The summed E-state index contributed by atoms with van der Waals surface area (Å²) in [6.45, 7) is -0.356. The fourth-order valence-corrected chi connectivity index (χ4v) is 4.39. The number of para-hydroxylation sites is 1. The lowest BCUT2D eigenvalue weighted by Gasteiger charge is -2.25. The van der Waals surface area contributed by atoms with Gasteiger partial charge in [0.15, 0.2) is 0 Å². The molecule has 1 unspecified atom stereocenters. The Hall–Kier alpha value is -4.86. The van der Waals surface area contributed by atoms with E-state index in [4.69, 9.17) is 4.74 Å². The molecular formula is C26H20N4O6. The Morgan fingerprint density at radius 3 is 2.42 bits per heavy atom. The van der Waals surface area contributed by atoms with Crippen molar-refractivity contribution in [2.24, 2.45) is 5.10 Å². The topological polar surface area (TPSA) is 122 Å². The highest BCUT2D eigenvalue weighted by atomic mass is 16.6. The van der Waals surface area contributed by atoms with E-state index in [-0.39, 0.29) is 17.8 Å². The molecule has 0 fully saturated rings. The number of carbonyl (C=O) groups is 3. The van der Waals surface area contributed by atoms with Gasteiger partial charge < -0.3 is 4.74 Å². The number of nitro groups is 1. The van der Waals surface area contributed by atoms with E-state index >= 15 is 0 Å². The summed E-state index contributed by atoms with van der Waals surface area (Å²) in [6.07, 6.45) is 0.360. The molecule has 0 saturated heterocycles. The summed E-state index contributed by atoms with van der Waals surface area (Å²) in [4.78, 5) is 50.2. The Kier molecular flexibility index (Phi) is 5.77. The number of methoxy groups -OCH3 is 1. The average molecular weight is 484 g/mol. The first-order valence-corrected chi connectivity index (χ1v) is 11.1. The lowest BCUT2D eigenvalue weighted by Crippen LogP contribution is -2.40. The number of nitro benzene ring substituents is 1. The van der Waals surface area contributed by atoms with Gasteiger partial charge in [0, 0.05) is 18.6 Å². The van der Waals surface area contributed by atoms with Crippen molar-refractivity contribution in [1.82, 2.24) is 5.01 Å². The molecule has 2 aliphatic rings. The maximum atomic E-state index is 13.5. The van der Waals surface area contributed by atoms with Crippen LogP contribution < -0.4 is 9.64 Å². The van der Waals surface area contributed by atoms with Crippen LogP contribution in [0.4, 0.5) is 11.4 Å². The molecule has 2 amide bonds. The molecule has 0 spiro atoms. The highest BCUT2D eigenvalue weighted by molar-refractivity contribution is 6.52. The van der Waals surface area contributed by atoms with Gasteiger partial charge in [0.1, 0.15) is 12.3 Å². The molecule has 3 aromatic carbocycles. The molecule has 3 aromatic rings. The zero-order valence-electron chi connectivity index (χ0n) is 19.2. The minimum atomic E-state index is -0.760. The first kappa shape index (κ1) is 22.9. The average Bonchev–Trinajstić information content (AvgIpc) is 3.45. The van der Waals surface area contributed by atoms with Crippen molar-refractivity contribution in [3.05, 3.63) is 99.6 Å². The number of hydrogen-bond donors (Lipinski definition) is 0. The van der Waals surface area contributed by atoms with Crippen LogP contribution in [0.5, 0.6) is 5.75 Å². The second-order valence-corrected chi connectivity index (χ2v) is 8.32. The van der Waals surface area contributed by atoms with Crippen LogP contribution in [0.15, 0.2) is 77.9 Å². The van der Waals surface area contributed by atoms with E-state index in [0.29, 0.717) is 29.1 Å². The SMILES string of the molecule is COc1ccc(C2CC(c3ccc([N+](=O)[O-])cc3)=NN2C(=O)CN2C(=O)C(=O)c3ccccc32)cc1. The van der Waals surface area contributed by atoms with Gasteiger partial charge in [-0.05, 0) is 47.5 Å². The number of rotatable bonds is 6. The predicted molar refractivity (Wildman–Crippen MR) is 130 cm³/mol. The Morgan fingerprint density at radius 2 is 1.75 bits per heavy atom. The minimum absolute atomic E-state index is 0.0483. The monoisotopic (exact) mass is 484 g/mol. The number of fused-ring (bicyclic) bond motifs is 1. The van der Waals surface area contributed by atoms with Crippen molar-refractivity contribution >= 4 is 34.7 Å². The van der Waals surface area contributed by atoms with Crippen molar-refractivity contribution in [1.29, 1.82) is 0 Å². The highest BCUT2D eigenvalue weighted by Crippen LogP contribution is 2.35. The number of ether oxygens (including phenoxy) is 1. The number of carbonyl (C=O) groups excluding carboxylic acids is 3. The van der Waals surface area contributed by atoms with Gasteiger partial charge in [0.2, 0.25) is 0 Å². The number of benzene rings is 3. The predicted octanol–water partition coefficient (Wildman–Crippen LogP) is 3.51. The van der Waals surface area contributed by atoms with Gasteiger partial charge in [-0.25, -0.2) is 5.01 Å². The Bertz CT molecular complexity index is 1420. The number of nitrogens with zero attached hydrogens (tertiary/aromatic N) is 4. The van der Waals surface area contributed by atoms with Gasteiger partial charge in [-0.15, -0.1) is 0 Å². The van der Waals surface area contributed by atoms with E-state index in [1.165, 1.54) is 22.0 Å². The molecule has 0 aliphatic carbocycles. The fraction of sp³-hybridized carbons (Fsp3) is 0.154. The summed E-state index contributed by atoms with van der Waals surface area (Å²) in [5.41, 5.74) is 2.62. The number of non-ortho nitro benzene ring substituents is 1. The van der Waals surface area contributed by atoms with Crippen LogP contribution in [0.3, 0.4) is 0 Å². The molecule has 2 aliphatic heterocycles. The molecule has 1 atom stereocenters. The first-order chi connectivity index (χ1) is 17.4. The van der Waals surface area contributed by atoms with Gasteiger partial charge in [-0.2, -0.15) is 5.10 Å². The van der Waals surface area contributed by atoms with Crippen LogP contribution in [0.25, 0.3) is 0 Å². The summed E-state index contributed by atoms with van der Waals surface area (Å²) < 4.78 is 5.23. The lowest BCUT2D eigenvalue weighted by atomic mass is 9.98. The maximum absolute atomic E-state index is 13.5. The molecule has 180 valence electrons. The van der Waals surface area contributed by atoms with Gasteiger partial charge >= 0.3 is 0 Å². The van der Waals surface area contributed by atoms with E-state index in [0.717, 1.165) is 5.56 Å². The van der Waals surface area contributed by atoms with Crippen LogP contribution in [0, 0.1) is 10.1 Å². The smallest absolute Gasteiger partial charge is 0.299 e. The number of hydrazone groups is 1. The maximum Gasteiger partial charge on any atom is 0.299 e. The largest absolute Gasteiger partial charge is 0.497 e. The zero-order valence-corrected chi connectivity index (χ0v) is 19.2. The van der Waals surface area contributed by atoms with Crippen molar-refractivity contribution in [2.45, 2.75) is 12.5 Å². The van der Waals surface area contributed by atoms with E-state index in [2.05, 4.69) is 5.10 Å². The molecule has 0 saturated carbocycles. The number of ketones is 1. The molecule has 2 heterocycles. The highest BCUT2D eigenvalue weighted by Gasteiger charge is 2.40. The fourth-order valence-electron chi connectivity index (χ4n) is 4.39. The molecule has 10 nitrogen and oxygen atoms in total. The van der Waals surface area contributed by atoms with Crippen LogP contribution in [-0.2, 0) is 9.59 Å². The summed E-state index contributed by atoms with van der Waals surface area (Å²) in [7, 11) is 1.56. The molecule has 5 rings (SSSR count). The third-order valence-corrected chi connectivity index (χ3v) is 6.25. The number of hydrogen-bond acceptors (Lipinski definition) is 7. The van der Waals surface area contributed by atoms with Crippen LogP contribution in [-0.4, -0.2) is 46.9 Å². The second kappa shape index (κ2) is 9.06. The third kappa shape index (κ3) is 3.98. The third-order valence-electron chi connectivity index (χ3n) is 6.25. The lowest BCUT2D eigenvalue weighted by molar-refractivity contribution is -0.384. The number of Topliss-reactive ketones (excluding diaryl/α,β-unsaturated/α-hetero) is 1. The van der Waals surface area contributed by atoms with E-state index in [1.54, 1.807) is 55.6 Å². The van der Waals surface area contributed by atoms with E-state index in [1.807, 2.05) is 12.1 Å². The molecule has 0 bridgehead atoms. The second-order valence-electron chi connectivity index (χ2n) is 8.32. The Labute approximate surface area is 205 Å². The van der Waals surface area contributed by atoms with Gasteiger partial charge in [0.25, 0.3) is 23.3 Å². The first-order valence-electron chi connectivity index (χ1n) is 11.1. The molecular weight excluding hydrogens is 464 g/mol. The van der Waals surface area contributed by atoms with Crippen LogP contribution >= 0.6 is 0 Å². The summed E-state index contributed by atoms with van der Waals surface area (Å²) >= 11 is 0. The Balaban J connectivity index is 1.47. The van der Waals surface area contributed by atoms with Crippen molar-refractivity contribution in [3.63, 3.8) is 0 Å². The van der Waals surface area contributed by atoms with Gasteiger partial charge in [-0.1, -0.05) is 24.3 Å². The van der Waals surface area contributed by atoms with Crippen molar-refractivity contribution in [2.75, 3.05) is 18.6 Å². The number of amides is 2. The summed E-state index contributed by atoms with van der Waals surface area (Å²) in [5.74, 6) is -1.22.